The van der Waals surface area contributed by atoms with Gasteiger partial charge in [0.1, 0.15) is 17.7 Å². The first kappa shape index (κ1) is 20.4. The molecule has 1 aliphatic rings. The molecule has 0 aliphatic heterocycles. The summed E-state index contributed by atoms with van der Waals surface area (Å²) in [6.07, 6.45) is 6.77. The third-order valence-corrected chi connectivity index (χ3v) is 5.22. The van der Waals surface area contributed by atoms with Crippen molar-refractivity contribution in [1.29, 1.82) is 10.5 Å². The van der Waals surface area contributed by atoms with E-state index in [1.807, 2.05) is 42.5 Å². The van der Waals surface area contributed by atoms with E-state index in [2.05, 4.69) is 6.92 Å². The molecule has 4 nitrogen and oxygen atoms in total. The van der Waals surface area contributed by atoms with E-state index < -0.39 is 0 Å². The van der Waals surface area contributed by atoms with Crippen molar-refractivity contribution in [3.8, 4) is 23.3 Å². The van der Waals surface area contributed by atoms with Gasteiger partial charge >= 0.3 is 5.97 Å². The zero-order valence-corrected chi connectivity index (χ0v) is 16.7. The number of fused-ring (bicyclic) bond motifs is 3. The summed E-state index contributed by atoms with van der Waals surface area (Å²) in [6.45, 7) is 2.59. The second-order valence-electron chi connectivity index (χ2n) is 7.15. The molecule has 146 valence electrons. The van der Waals surface area contributed by atoms with Gasteiger partial charge in [0.15, 0.2) is 0 Å². The predicted octanol–water partition coefficient (Wildman–Crippen LogP) is 6.03. The minimum atomic E-state index is -0.359. The van der Waals surface area contributed by atoms with Crippen LogP contribution in [0.1, 0.15) is 66.9 Å². The van der Waals surface area contributed by atoms with Crippen molar-refractivity contribution in [1.82, 2.24) is 0 Å². The molecule has 0 N–H and O–H groups in total. The summed E-state index contributed by atoms with van der Waals surface area (Å²) in [5.41, 5.74) is 4.25. The van der Waals surface area contributed by atoms with Crippen molar-refractivity contribution in [2.45, 2.75) is 45.4 Å². The minimum absolute atomic E-state index is 0.0498. The number of nitrogens with zero attached hydrogens (tertiary/aromatic N) is 2. The van der Waals surface area contributed by atoms with Gasteiger partial charge in [0, 0.05) is 11.1 Å². The average molecular weight is 384 g/mol. The lowest BCUT2D eigenvalue weighted by molar-refractivity contribution is 0.0498. The lowest BCUT2D eigenvalue weighted by Gasteiger charge is -2.10. The molecule has 0 spiro atoms. The van der Waals surface area contributed by atoms with Gasteiger partial charge < -0.3 is 4.74 Å². The van der Waals surface area contributed by atoms with E-state index >= 15 is 0 Å². The smallest absolute Gasteiger partial charge is 0.338 e. The molecular weight excluding hydrogens is 360 g/mol. The van der Waals surface area contributed by atoms with Crippen LogP contribution in [0.15, 0.2) is 48.0 Å². The van der Waals surface area contributed by atoms with E-state index in [0.29, 0.717) is 17.7 Å². The number of hydrogen-bond donors (Lipinski definition) is 0. The first-order valence-corrected chi connectivity index (χ1v) is 10.2. The Morgan fingerprint density at radius 3 is 2.24 bits per heavy atom. The fourth-order valence-electron chi connectivity index (χ4n) is 3.82. The Labute approximate surface area is 172 Å². The quantitative estimate of drug-likeness (QED) is 0.270. The van der Waals surface area contributed by atoms with E-state index in [0.717, 1.165) is 35.1 Å². The molecule has 1 aliphatic carbocycles. The van der Waals surface area contributed by atoms with Crippen LogP contribution in [0.5, 0.6) is 0 Å². The number of ether oxygens (including phenoxy) is 1. The summed E-state index contributed by atoms with van der Waals surface area (Å²) < 4.78 is 5.54. The number of benzene rings is 2. The number of nitriles is 2. The maximum atomic E-state index is 12.8. The van der Waals surface area contributed by atoms with Gasteiger partial charge in [-0.1, -0.05) is 75.4 Å². The summed E-state index contributed by atoms with van der Waals surface area (Å²) in [6, 6.07) is 16.9. The molecule has 0 radical (unpaired) electrons. The van der Waals surface area contributed by atoms with Gasteiger partial charge in [-0.3, -0.25) is 0 Å². The first-order chi connectivity index (χ1) is 14.2. The van der Waals surface area contributed by atoms with Crippen molar-refractivity contribution in [2.24, 2.45) is 0 Å². The summed E-state index contributed by atoms with van der Waals surface area (Å²) in [4.78, 5) is 12.8. The van der Waals surface area contributed by atoms with Gasteiger partial charge in [0.25, 0.3) is 0 Å². The number of hydrogen-bond acceptors (Lipinski definition) is 4. The Kier molecular flexibility index (Phi) is 6.82. The van der Waals surface area contributed by atoms with E-state index in [1.165, 1.54) is 25.7 Å². The molecule has 0 saturated heterocycles. The van der Waals surface area contributed by atoms with Gasteiger partial charge in [-0.05, 0) is 29.2 Å². The zero-order chi connectivity index (χ0) is 20.6. The Morgan fingerprint density at radius 2 is 1.52 bits per heavy atom. The maximum Gasteiger partial charge on any atom is 0.338 e. The monoisotopic (exact) mass is 384 g/mol. The standard InChI is InChI=1S/C25H24N2O2/c1-2-3-4-5-6-9-15-29-25(28)22-14-10-13-21-23(18(16-26)17-27)19-11-7-8-12-20(19)24(21)22/h7-8,10-14H,2-6,9,15H2,1H3. The Morgan fingerprint density at radius 1 is 0.862 bits per heavy atom. The molecule has 0 bridgehead atoms. The van der Waals surface area contributed by atoms with Gasteiger partial charge in [-0.25, -0.2) is 4.79 Å². The average Bonchev–Trinajstić information content (AvgIpc) is 3.09. The number of carbonyl (C=O) groups is 1. The van der Waals surface area contributed by atoms with Crippen LogP contribution in [0.25, 0.3) is 16.7 Å². The van der Waals surface area contributed by atoms with Crippen LogP contribution in [-0.4, -0.2) is 12.6 Å². The molecule has 0 unspecified atom stereocenters. The molecule has 0 saturated carbocycles. The molecule has 2 aromatic rings. The van der Waals surface area contributed by atoms with Crippen molar-refractivity contribution in [2.75, 3.05) is 6.61 Å². The fourth-order valence-corrected chi connectivity index (χ4v) is 3.82. The molecule has 0 fully saturated rings. The molecule has 0 aromatic heterocycles. The normalized spacial score (nSPS) is 11.2. The lowest BCUT2D eigenvalue weighted by atomic mass is 9.97. The summed E-state index contributed by atoms with van der Waals surface area (Å²) >= 11 is 0. The molecule has 29 heavy (non-hydrogen) atoms. The Bertz CT molecular complexity index is 1010. The van der Waals surface area contributed by atoms with Gasteiger partial charge in [-0.2, -0.15) is 10.5 Å². The lowest BCUT2D eigenvalue weighted by Crippen LogP contribution is -2.08. The molecule has 3 rings (SSSR count). The number of unbranched alkanes of at least 4 members (excludes halogenated alkanes) is 5. The minimum Gasteiger partial charge on any atom is -0.462 e. The van der Waals surface area contributed by atoms with Crippen molar-refractivity contribution in [3.63, 3.8) is 0 Å². The van der Waals surface area contributed by atoms with Crippen molar-refractivity contribution < 1.29 is 9.53 Å². The molecular formula is C25H24N2O2. The van der Waals surface area contributed by atoms with Crippen LogP contribution >= 0.6 is 0 Å². The van der Waals surface area contributed by atoms with Gasteiger partial charge in [-0.15, -0.1) is 0 Å². The van der Waals surface area contributed by atoms with E-state index in [9.17, 15) is 15.3 Å². The number of allylic oxidation sites excluding steroid dienone is 1. The zero-order valence-electron chi connectivity index (χ0n) is 16.7. The van der Waals surface area contributed by atoms with Crippen LogP contribution in [0, 0.1) is 22.7 Å². The maximum absolute atomic E-state index is 12.8. The third-order valence-electron chi connectivity index (χ3n) is 5.22. The first-order valence-electron chi connectivity index (χ1n) is 10.2. The van der Waals surface area contributed by atoms with Crippen LogP contribution in [0.2, 0.25) is 0 Å². The fraction of sp³-hybridized carbons (Fsp3) is 0.320. The second-order valence-corrected chi connectivity index (χ2v) is 7.15. The largest absolute Gasteiger partial charge is 0.462 e. The number of rotatable bonds is 8. The summed E-state index contributed by atoms with van der Waals surface area (Å²) in [5, 5.41) is 18.8. The highest BCUT2D eigenvalue weighted by atomic mass is 16.5. The SMILES string of the molecule is CCCCCCCCOC(=O)c1cccc2c1-c1ccccc1C2=C(C#N)C#N. The van der Waals surface area contributed by atoms with Crippen LogP contribution in [0.4, 0.5) is 0 Å². The summed E-state index contributed by atoms with van der Waals surface area (Å²) in [5.74, 6) is -0.359. The van der Waals surface area contributed by atoms with Gasteiger partial charge in [0.05, 0.1) is 12.2 Å². The highest BCUT2D eigenvalue weighted by Crippen LogP contribution is 2.47. The Hall–Kier alpha value is -3.37. The van der Waals surface area contributed by atoms with E-state index in [-0.39, 0.29) is 11.5 Å². The van der Waals surface area contributed by atoms with Crippen LogP contribution < -0.4 is 0 Å². The highest BCUT2D eigenvalue weighted by Gasteiger charge is 2.30. The number of esters is 1. The molecule has 2 aromatic carbocycles. The summed E-state index contributed by atoms with van der Waals surface area (Å²) in [7, 11) is 0. The molecule has 0 atom stereocenters. The third kappa shape index (κ3) is 4.23. The Balaban J connectivity index is 1.85. The van der Waals surface area contributed by atoms with Crippen LogP contribution in [-0.2, 0) is 4.74 Å². The second kappa shape index (κ2) is 9.71. The predicted molar refractivity (Wildman–Crippen MR) is 113 cm³/mol. The van der Waals surface area contributed by atoms with Crippen molar-refractivity contribution in [3.05, 3.63) is 64.7 Å². The number of carbonyl (C=O) groups excluding carboxylic acids is 1. The molecule has 0 amide bonds. The van der Waals surface area contributed by atoms with Crippen LogP contribution in [0.3, 0.4) is 0 Å². The van der Waals surface area contributed by atoms with Crippen molar-refractivity contribution >= 4 is 11.5 Å². The molecule has 4 heteroatoms. The molecule has 0 heterocycles. The van der Waals surface area contributed by atoms with Gasteiger partial charge in [0.2, 0.25) is 0 Å². The highest BCUT2D eigenvalue weighted by molar-refractivity contribution is 6.10. The van der Waals surface area contributed by atoms with E-state index in [1.54, 1.807) is 12.1 Å². The van der Waals surface area contributed by atoms with E-state index in [4.69, 9.17) is 4.74 Å². The topological polar surface area (TPSA) is 73.9 Å².